The maximum atomic E-state index is 12.0. The number of ether oxygens (including phenoxy) is 1. The van der Waals surface area contributed by atoms with Gasteiger partial charge in [-0.2, -0.15) is 0 Å². The second kappa shape index (κ2) is 6.40. The summed E-state index contributed by atoms with van der Waals surface area (Å²) in [4.78, 5) is 25.4. The van der Waals surface area contributed by atoms with E-state index in [0.717, 1.165) is 38.5 Å². The van der Waals surface area contributed by atoms with Crippen molar-refractivity contribution in [2.75, 3.05) is 13.7 Å². The molecule has 19 heavy (non-hydrogen) atoms. The van der Waals surface area contributed by atoms with Crippen molar-refractivity contribution in [1.29, 1.82) is 0 Å². The Balaban J connectivity index is 1.72. The zero-order valence-electron chi connectivity index (χ0n) is 12.1. The Bertz CT molecular complexity index is 330. The second-order valence-corrected chi connectivity index (χ2v) is 5.91. The molecule has 0 N–H and O–H groups in total. The third kappa shape index (κ3) is 3.95. The van der Waals surface area contributed by atoms with Crippen molar-refractivity contribution in [2.45, 2.75) is 57.9 Å². The third-order valence-electron chi connectivity index (χ3n) is 4.40. The largest absolute Gasteiger partial charge is 0.466 e. The fourth-order valence-electron chi connectivity index (χ4n) is 2.99. The average Bonchev–Trinajstić information content (AvgIpc) is 3.22. The first-order valence-electron chi connectivity index (χ1n) is 7.54. The Morgan fingerprint density at radius 1 is 1.11 bits per heavy atom. The van der Waals surface area contributed by atoms with Gasteiger partial charge in [-0.25, -0.2) is 0 Å². The highest BCUT2D eigenvalue weighted by molar-refractivity contribution is 5.81. The number of hydrogen-bond acceptors (Lipinski definition) is 3. The zero-order valence-corrected chi connectivity index (χ0v) is 12.1. The van der Waals surface area contributed by atoms with Crippen LogP contribution in [0.1, 0.15) is 51.9 Å². The topological polar surface area (TPSA) is 46.6 Å². The van der Waals surface area contributed by atoms with E-state index in [-0.39, 0.29) is 5.97 Å². The molecule has 0 unspecified atom stereocenters. The Labute approximate surface area is 115 Å². The van der Waals surface area contributed by atoms with Crippen molar-refractivity contribution in [3.63, 3.8) is 0 Å². The van der Waals surface area contributed by atoms with Gasteiger partial charge in [0.25, 0.3) is 0 Å². The summed E-state index contributed by atoms with van der Waals surface area (Å²) in [6, 6.07) is 0.381. The van der Waals surface area contributed by atoms with Crippen LogP contribution in [0.15, 0.2) is 0 Å². The van der Waals surface area contributed by atoms with Gasteiger partial charge in [0.2, 0.25) is 5.91 Å². The van der Waals surface area contributed by atoms with Crippen LogP contribution in [0.5, 0.6) is 0 Å². The molecule has 108 valence electrons. The Kier molecular flexibility index (Phi) is 4.83. The minimum absolute atomic E-state index is 0.0756. The van der Waals surface area contributed by atoms with Gasteiger partial charge in [0, 0.05) is 25.4 Å². The predicted octanol–water partition coefficient (Wildman–Crippen LogP) is 2.37. The van der Waals surface area contributed by atoms with Gasteiger partial charge < -0.3 is 9.64 Å². The summed E-state index contributed by atoms with van der Waals surface area (Å²) in [6.45, 7) is 2.31. The van der Waals surface area contributed by atoms with Gasteiger partial charge in [0.05, 0.1) is 6.61 Å². The van der Waals surface area contributed by atoms with Crippen molar-refractivity contribution in [3.8, 4) is 0 Å². The highest BCUT2D eigenvalue weighted by Gasteiger charge is 2.35. The smallest absolute Gasteiger partial charge is 0.306 e. The molecule has 0 radical (unpaired) electrons. The van der Waals surface area contributed by atoms with Crippen molar-refractivity contribution in [3.05, 3.63) is 0 Å². The van der Waals surface area contributed by atoms with E-state index in [0.29, 0.717) is 36.8 Å². The summed E-state index contributed by atoms with van der Waals surface area (Å²) in [5, 5.41) is 0. The fourth-order valence-corrected chi connectivity index (χ4v) is 2.99. The van der Waals surface area contributed by atoms with Crippen LogP contribution in [0.4, 0.5) is 0 Å². The van der Waals surface area contributed by atoms with Crippen LogP contribution in [0.25, 0.3) is 0 Å². The zero-order chi connectivity index (χ0) is 13.8. The molecule has 0 aromatic rings. The van der Waals surface area contributed by atoms with E-state index in [9.17, 15) is 9.59 Å². The van der Waals surface area contributed by atoms with Crippen LogP contribution in [0, 0.1) is 11.8 Å². The molecule has 4 nitrogen and oxygen atoms in total. The van der Waals surface area contributed by atoms with Crippen molar-refractivity contribution in [1.82, 2.24) is 4.90 Å². The van der Waals surface area contributed by atoms with Gasteiger partial charge in [-0.05, 0) is 51.4 Å². The van der Waals surface area contributed by atoms with E-state index in [4.69, 9.17) is 4.74 Å². The monoisotopic (exact) mass is 267 g/mol. The number of carbonyl (C=O) groups excluding carboxylic acids is 2. The van der Waals surface area contributed by atoms with Crippen LogP contribution in [-0.2, 0) is 14.3 Å². The number of nitrogens with zero attached hydrogens (tertiary/aromatic N) is 1. The van der Waals surface area contributed by atoms with Crippen molar-refractivity contribution < 1.29 is 14.3 Å². The number of carbonyl (C=O) groups is 2. The van der Waals surface area contributed by atoms with Gasteiger partial charge in [0.15, 0.2) is 0 Å². The standard InChI is InChI=1S/C15H25NO3/c1-3-19-14(17)10-11-4-8-13(9-5-11)16(2)15(18)12-6-7-12/h11-13H,3-10H2,1-2H3. The van der Waals surface area contributed by atoms with E-state index < -0.39 is 0 Å². The Morgan fingerprint density at radius 3 is 2.26 bits per heavy atom. The third-order valence-corrected chi connectivity index (χ3v) is 4.40. The SMILES string of the molecule is CCOC(=O)CC1CCC(N(C)C(=O)C2CC2)CC1. The van der Waals surface area contributed by atoms with Gasteiger partial charge in [-0.15, -0.1) is 0 Å². The van der Waals surface area contributed by atoms with Crippen LogP contribution in [0.3, 0.4) is 0 Å². The molecule has 2 rings (SSSR count). The first kappa shape index (κ1) is 14.4. The summed E-state index contributed by atoms with van der Waals surface area (Å²) < 4.78 is 4.99. The van der Waals surface area contributed by atoms with Crippen molar-refractivity contribution in [2.24, 2.45) is 11.8 Å². The number of hydrogen-bond donors (Lipinski definition) is 0. The summed E-state index contributed by atoms with van der Waals surface area (Å²) in [5.74, 6) is 1.00. The van der Waals surface area contributed by atoms with Gasteiger partial charge in [0.1, 0.15) is 0 Å². The van der Waals surface area contributed by atoms with Gasteiger partial charge in [-0.3, -0.25) is 9.59 Å². The van der Waals surface area contributed by atoms with E-state index in [1.165, 1.54) is 0 Å². The minimum atomic E-state index is -0.0756. The summed E-state index contributed by atoms with van der Waals surface area (Å²) >= 11 is 0. The highest BCUT2D eigenvalue weighted by Crippen LogP contribution is 2.34. The van der Waals surface area contributed by atoms with Crippen LogP contribution >= 0.6 is 0 Å². The Hall–Kier alpha value is -1.06. The number of amides is 1. The lowest BCUT2D eigenvalue weighted by atomic mass is 9.83. The van der Waals surface area contributed by atoms with E-state index in [1.54, 1.807) is 0 Å². The molecule has 2 fully saturated rings. The molecule has 0 atom stereocenters. The quantitative estimate of drug-likeness (QED) is 0.718. The normalized spacial score (nSPS) is 26.8. The van der Waals surface area contributed by atoms with Gasteiger partial charge >= 0.3 is 5.97 Å². The second-order valence-electron chi connectivity index (χ2n) is 5.91. The molecule has 0 bridgehead atoms. The molecular formula is C15H25NO3. The van der Waals surface area contributed by atoms with Crippen LogP contribution in [0.2, 0.25) is 0 Å². The van der Waals surface area contributed by atoms with Crippen LogP contribution in [-0.4, -0.2) is 36.5 Å². The molecule has 1 amide bonds. The lowest BCUT2D eigenvalue weighted by Gasteiger charge is -2.34. The van der Waals surface area contributed by atoms with E-state index in [2.05, 4.69) is 0 Å². The maximum absolute atomic E-state index is 12.0. The molecule has 0 spiro atoms. The lowest BCUT2D eigenvalue weighted by molar-refractivity contribution is -0.145. The Morgan fingerprint density at radius 2 is 1.74 bits per heavy atom. The number of esters is 1. The molecular weight excluding hydrogens is 242 g/mol. The molecule has 2 saturated carbocycles. The molecule has 0 heterocycles. The molecule has 0 aromatic heterocycles. The summed E-state index contributed by atoms with van der Waals surface area (Å²) in [5.41, 5.74) is 0. The summed E-state index contributed by atoms with van der Waals surface area (Å²) in [6.07, 6.45) is 6.80. The van der Waals surface area contributed by atoms with E-state index >= 15 is 0 Å². The lowest BCUT2D eigenvalue weighted by Crippen LogP contribution is -2.40. The highest BCUT2D eigenvalue weighted by atomic mass is 16.5. The first-order valence-corrected chi connectivity index (χ1v) is 7.54. The van der Waals surface area contributed by atoms with Crippen molar-refractivity contribution >= 4 is 11.9 Å². The fraction of sp³-hybridized carbons (Fsp3) is 0.867. The van der Waals surface area contributed by atoms with Gasteiger partial charge in [-0.1, -0.05) is 0 Å². The van der Waals surface area contributed by atoms with Crippen LogP contribution < -0.4 is 0 Å². The molecule has 0 saturated heterocycles. The minimum Gasteiger partial charge on any atom is -0.466 e. The van der Waals surface area contributed by atoms with E-state index in [1.807, 2.05) is 18.9 Å². The molecule has 4 heteroatoms. The maximum Gasteiger partial charge on any atom is 0.306 e. The first-order chi connectivity index (χ1) is 9.11. The average molecular weight is 267 g/mol. The molecule has 0 aliphatic heterocycles. The molecule has 2 aliphatic rings. The number of rotatable bonds is 5. The molecule has 0 aromatic carbocycles. The molecule has 2 aliphatic carbocycles. The summed E-state index contributed by atoms with van der Waals surface area (Å²) in [7, 11) is 1.94. The predicted molar refractivity (Wildman–Crippen MR) is 72.5 cm³/mol.